The lowest BCUT2D eigenvalue weighted by molar-refractivity contribution is 0.367. The fourth-order valence-electron chi connectivity index (χ4n) is 7.20. The van der Waals surface area contributed by atoms with E-state index in [1.165, 1.54) is 76.2 Å². The molecule has 0 bridgehead atoms. The van der Waals surface area contributed by atoms with Crippen LogP contribution in [0.5, 0.6) is 0 Å². The number of hydrogen-bond acceptors (Lipinski definition) is 1. The molecule has 7 aromatic rings. The highest BCUT2D eigenvalue weighted by molar-refractivity contribution is 6.09. The Morgan fingerprint density at radius 2 is 0.938 bits per heavy atom. The van der Waals surface area contributed by atoms with Gasteiger partial charge in [0, 0.05) is 44.9 Å². The third-order valence-corrected chi connectivity index (χ3v) is 9.33. The Morgan fingerprint density at radius 1 is 0.417 bits per heavy atom. The first-order chi connectivity index (χ1) is 23.8. The molecule has 1 fully saturated rings. The predicted octanol–water partition coefficient (Wildman–Crippen LogP) is 14.2. The van der Waals surface area contributed by atoms with Gasteiger partial charge in [-0.15, -0.1) is 0 Å². The minimum absolute atomic E-state index is 0.591. The Bertz CT molecular complexity index is 2030. The van der Waals surface area contributed by atoms with Gasteiger partial charge in [0.15, 0.2) is 0 Å². The first-order valence-corrected chi connectivity index (χ1v) is 18.0. The van der Waals surface area contributed by atoms with Gasteiger partial charge in [-0.05, 0) is 89.7 Å². The quantitative estimate of drug-likeness (QED) is 0.178. The van der Waals surface area contributed by atoms with Crippen LogP contribution in [0.1, 0.15) is 65.8 Å². The molecule has 1 saturated carbocycles. The summed E-state index contributed by atoms with van der Waals surface area (Å²) in [6.45, 7) is 8.00. The molecule has 1 aromatic heterocycles. The van der Waals surface area contributed by atoms with Crippen LogP contribution in [-0.4, -0.2) is 4.57 Å². The van der Waals surface area contributed by atoms with Gasteiger partial charge in [0.2, 0.25) is 0 Å². The first kappa shape index (κ1) is 32.8. The van der Waals surface area contributed by atoms with Gasteiger partial charge in [-0.1, -0.05) is 144 Å². The van der Waals surface area contributed by atoms with Crippen molar-refractivity contribution >= 4 is 38.9 Å². The van der Waals surface area contributed by atoms with E-state index in [4.69, 9.17) is 0 Å². The van der Waals surface area contributed by atoms with Crippen molar-refractivity contribution in [3.8, 4) is 22.3 Å². The van der Waals surface area contributed by atoms with Gasteiger partial charge in [0.25, 0.3) is 0 Å². The smallest absolute Gasteiger partial charge is 0.0494 e. The van der Waals surface area contributed by atoms with Gasteiger partial charge in [-0.3, -0.25) is 0 Å². The summed E-state index contributed by atoms with van der Waals surface area (Å²) in [7, 11) is 0. The molecule has 1 heterocycles. The zero-order valence-corrected chi connectivity index (χ0v) is 28.9. The van der Waals surface area contributed by atoms with E-state index in [9.17, 15) is 0 Å². The maximum atomic E-state index is 2.64. The van der Waals surface area contributed by atoms with Crippen molar-refractivity contribution < 1.29 is 0 Å². The fraction of sp³-hybridized carbons (Fsp3) is 0.217. The third-order valence-electron chi connectivity index (χ3n) is 9.33. The average molecular weight is 629 g/mol. The average Bonchev–Trinajstić information content (AvgIpc) is 3.52. The maximum Gasteiger partial charge on any atom is 0.0494 e. The second-order valence-electron chi connectivity index (χ2n) is 12.0. The SMILES string of the molecule is CC.CC.c1ccc(-c2ccc(N(c3ccccc3)c3cccc(-c4ccc5c(c4)c4ccccc4n5C4CCCCC4)c3)cc2)cc1. The highest BCUT2D eigenvalue weighted by Gasteiger charge is 2.21. The summed E-state index contributed by atoms with van der Waals surface area (Å²) in [4.78, 5) is 2.35. The molecule has 1 aliphatic carbocycles. The molecule has 0 N–H and O–H groups in total. The van der Waals surface area contributed by atoms with Crippen LogP contribution in [0, 0.1) is 0 Å². The Kier molecular flexibility index (Phi) is 10.7. The molecule has 0 saturated heterocycles. The van der Waals surface area contributed by atoms with Crippen molar-refractivity contribution in [3.63, 3.8) is 0 Å². The molecule has 6 aromatic carbocycles. The van der Waals surface area contributed by atoms with Crippen molar-refractivity contribution in [2.75, 3.05) is 4.90 Å². The zero-order valence-electron chi connectivity index (χ0n) is 28.9. The van der Waals surface area contributed by atoms with E-state index in [1.807, 2.05) is 27.7 Å². The summed E-state index contributed by atoms with van der Waals surface area (Å²) in [6.07, 6.45) is 6.58. The standard InChI is InChI=1S/C42H36N2.2C2H6/c1-4-13-31(14-5-1)32-23-26-37(27-24-32)43(35-16-6-2-7-17-35)38-20-12-15-33(29-38)34-25-28-42-40(30-34)39-21-10-11-22-41(39)44(42)36-18-8-3-9-19-36;2*1-2/h1-2,4-7,10-17,20-30,36H,3,8-9,18-19H2;2*1-2H3. The lowest BCUT2D eigenvalue weighted by Gasteiger charge is -2.26. The fourth-order valence-corrected chi connectivity index (χ4v) is 7.20. The topological polar surface area (TPSA) is 8.17 Å². The Morgan fingerprint density at radius 3 is 1.67 bits per heavy atom. The predicted molar refractivity (Wildman–Crippen MR) is 210 cm³/mol. The number of para-hydroxylation sites is 2. The Labute approximate surface area is 287 Å². The highest BCUT2D eigenvalue weighted by atomic mass is 15.1. The summed E-state index contributed by atoms with van der Waals surface area (Å²) in [5.74, 6) is 0. The van der Waals surface area contributed by atoms with Crippen LogP contribution in [0.4, 0.5) is 17.1 Å². The van der Waals surface area contributed by atoms with Crippen molar-refractivity contribution in [1.29, 1.82) is 0 Å². The number of benzene rings is 6. The molecule has 8 rings (SSSR count). The van der Waals surface area contributed by atoms with E-state index in [1.54, 1.807) is 0 Å². The van der Waals surface area contributed by atoms with Gasteiger partial charge in [-0.2, -0.15) is 0 Å². The number of hydrogen-bond donors (Lipinski definition) is 0. The molecule has 242 valence electrons. The molecule has 0 atom stereocenters. The van der Waals surface area contributed by atoms with Crippen LogP contribution in [0.3, 0.4) is 0 Å². The number of rotatable bonds is 6. The van der Waals surface area contributed by atoms with E-state index in [-0.39, 0.29) is 0 Å². The van der Waals surface area contributed by atoms with E-state index in [2.05, 4.69) is 161 Å². The molecule has 0 spiro atoms. The molecule has 1 aliphatic rings. The molecule has 0 amide bonds. The van der Waals surface area contributed by atoms with Crippen molar-refractivity contribution in [3.05, 3.63) is 152 Å². The molecule has 0 unspecified atom stereocenters. The normalized spacial score (nSPS) is 12.9. The van der Waals surface area contributed by atoms with Crippen LogP contribution < -0.4 is 4.90 Å². The number of anilines is 3. The van der Waals surface area contributed by atoms with Crippen LogP contribution in [-0.2, 0) is 0 Å². The van der Waals surface area contributed by atoms with E-state index < -0.39 is 0 Å². The second-order valence-corrected chi connectivity index (χ2v) is 12.0. The van der Waals surface area contributed by atoms with Crippen LogP contribution >= 0.6 is 0 Å². The summed E-state index contributed by atoms with van der Waals surface area (Å²) in [5.41, 5.74) is 11.1. The monoisotopic (exact) mass is 628 g/mol. The molecular formula is C46H48N2. The lowest BCUT2D eigenvalue weighted by atomic mass is 9.95. The number of nitrogens with zero attached hydrogens (tertiary/aromatic N) is 2. The zero-order chi connectivity index (χ0) is 33.3. The van der Waals surface area contributed by atoms with Gasteiger partial charge >= 0.3 is 0 Å². The summed E-state index contributed by atoms with van der Waals surface area (Å²) < 4.78 is 2.64. The van der Waals surface area contributed by atoms with Gasteiger partial charge in [0.1, 0.15) is 0 Å². The van der Waals surface area contributed by atoms with Crippen molar-refractivity contribution in [2.24, 2.45) is 0 Å². The van der Waals surface area contributed by atoms with Crippen molar-refractivity contribution in [2.45, 2.75) is 65.8 Å². The molecule has 2 heteroatoms. The maximum absolute atomic E-state index is 2.64. The summed E-state index contributed by atoms with van der Waals surface area (Å²) in [6, 6.07) is 55.8. The summed E-state index contributed by atoms with van der Waals surface area (Å²) >= 11 is 0. The van der Waals surface area contributed by atoms with Gasteiger partial charge in [0.05, 0.1) is 0 Å². The van der Waals surface area contributed by atoms with Crippen molar-refractivity contribution in [1.82, 2.24) is 4.57 Å². The van der Waals surface area contributed by atoms with Crippen LogP contribution in [0.2, 0.25) is 0 Å². The van der Waals surface area contributed by atoms with Crippen LogP contribution in [0.25, 0.3) is 44.1 Å². The molecule has 48 heavy (non-hydrogen) atoms. The molecule has 0 aliphatic heterocycles. The van der Waals surface area contributed by atoms with Gasteiger partial charge < -0.3 is 9.47 Å². The molecule has 2 nitrogen and oxygen atoms in total. The lowest BCUT2D eigenvalue weighted by Crippen LogP contribution is -2.12. The minimum Gasteiger partial charge on any atom is -0.337 e. The molecule has 0 radical (unpaired) electrons. The summed E-state index contributed by atoms with van der Waals surface area (Å²) in [5, 5.41) is 2.71. The number of fused-ring (bicyclic) bond motifs is 3. The number of aromatic nitrogens is 1. The van der Waals surface area contributed by atoms with E-state index in [0.717, 1.165) is 17.1 Å². The molecular weight excluding hydrogens is 581 g/mol. The van der Waals surface area contributed by atoms with E-state index >= 15 is 0 Å². The van der Waals surface area contributed by atoms with Gasteiger partial charge in [-0.25, -0.2) is 0 Å². The van der Waals surface area contributed by atoms with Crippen LogP contribution in [0.15, 0.2) is 152 Å². The largest absolute Gasteiger partial charge is 0.337 e. The van der Waals surface area contributed by atoms with E-state index in [0.29, 0.717) is 6.04 Å². The highest BCUT2D eigenvalue weighted by Crippen LogP contribution is 2.41. The Hall–Kier alpha value is -5.08. The first-order valence-electron chi connectivity index (χ1n) is 18.0. The minimum atomic E-state index is 0.591. The third kappa shape index (κ3) is 6.66. The Balaban J connectivity index is 0.000000969. The second kappa shape index (κ2) is 15.7.